The summed E-state index contributed by atoms with van der Waals surface area (Å²) in [7, 11) is 1.67. The van der Waals surface area contributed by atoms with Crippen molar-refractivity contribution in [2.24, 2.45) is 0 Å². The lowest BCUT2D eigenvalue weighted by atomic mass is 9.68. The second-order valence-corrected chi connectivity index (χ2v) is 7.21. The predicted octanol–water partition coefficient (Wildman–Crippen LogP) is 3.75. The van der Waals surface area contributed by atoms with Gasteiger partial charge in [0.05, 0.1) is 22.8 Å². The molecule has 0 N–H and O–H groups in total. The van der Waals surface area contributed by atoms with E-state index in [1.807, 2.05) is 24.3 Å². The van der Waals surface area contributed by atoms with Crippen LogP contribution < -0.4 is 0 Å². The molecule has 0 unspecified atom stereocenters. The van der Waals surface area contributed by atoms with E-state index in [1.165, 1.54) is 4.90 Å². The van der Waals surface area contributed by atoms with Crippen molar-refractivity contribution in [1.82, 2.24) is 4.90 Å². The van der Waals surface area contributed by atoms with Crippen LogP contribution in [0.1, 0.15) is 39.1 Å². The summed E-state index contributed by atoms with van der Waals surface area (Å²) >= 11 is 3.44. The third kappa shape index (κ3) is 2.08. The lowest BCUT2D eigenvalue weighted by Gasteiger charge is -2.51. The molecule has 2 aromatic rings. The number of imide groups is 1. The third-order valence-electron chi connectivity index (χ3n) is 5.07. The molecule has 5 heteroatoms. The Morgan fingerprint density at radius 2 is 1.54 bits per heavy atom. The SMILES string of the molecule is COC1CC(c2ccc(Br)cc2)(N2C(=O)c3ccccc3C2=O)C1. The smallest absolute Gasteiger partial charge is 0.262 e. The molecule has 1 aliphatic heterocycles. The fraction of sp³-hybridized carbons (Fsp3) is 0.263. The van der Waals surface area contributed by atoms with E-state index in [0.29, 0.717) is 24.0 Å². The first-order valence-corrected chi connectivity index (χ1v) is 8.63. The zero-order chi connectivity index (χ0) is 16.9. The summed E-state index contributed by atoms with van der Waals surface area (Å²) in [5.74, 6) is -0.429. The number of carbonyl (C=O) groups excluding carboxylic acids is 2. The lowest BCUT2D eigenvalue weighted by molar-refractivity contribution is -0.0706. The van der Waals surface area contributed by atoms with E-state index in [1.54, 1.807) is 31.4 Å². The van der Waals surface area contributed by atoms with Crippen molar-refractivity contribution >= 4 is 27.7 Å². The fourth-order valence-corrected chi connectivity index (χ4v) is 4.01. The number of fused-ring (bicyclic) bond motifs is 1. The van der Waals surface area contributed by atoms with Crippen molar-refractivity contribution in [3.05, 3.63) is 69.7 Å². The van der Waals surface area contributed by atoms with E-state index in [-0.39, 0.29) is 17.9 Å². The second kappa shape index (κ2) is 5.53. The highest BCUT2D eigenvalue weighted by Gasteiger charge is 2.57. The highest BCUT2D eigenvalue weighted by atomic mass is 79.9. The number of hydrogen-bond acceptors (Lipinski definition) is 3. The maximum absolute atomic E-state index is 12.9. The Balaban J connectivity index is 1.80. The Bertz CT molecular complexity index is 790. The molecule has 2 amide bonds. The standard InChI is InChI=1S/C19H16BrNO3/c1-24-14-10-19(11-14,12-6-8-13(20)9-7-12)21-17(22)15-4-2-3-5-16(15)18(21)23/h2-9,14H,10-11H2,1H3. The Kier molecular flexibility index (Phi) is 3.58. The van der Waals surface area contributed by atoms with Gasteiger partial charge in [0.2, 0.25) is 0 Å². The summed E-state index contributed by atoms with van der Waals surface area (Å²) < 4.78 is 6.40. The highest BCUT2D eigenvalue weighted by molar-refractivity contribution is 9.10. The number of rotatable bonds is 3. The molecule has 0 saturated heterocycles. The van der Waals surface area contributed by atoms with Crippen LogP contribution in [-0.4, -0.2) is 29.9 Å². The Morgan fingerprint density at radius 3 is 2.04 bits per heavy atom. The minimum Gasteiger partial charge on any atom is -0.381 e. The van der Waals surface area contributed by atoms with Gasteiger partial charge in [-0.3, -0.25) is 14.5 Å². The van der Waals surface area contributed by atoms with E-state index < -0.39 is 5.54 Å². The van der Waals surface area contributed by atoms with Crippen LogP contribution in [0.4, 0.5) is 0 Å². The monoisotopic (exact) mass is 385 g/mol. The minimum atomic E-state index is -0.630. The molecular weight excluding hydrogens is 370 g/mol. The summed E-state index contributed by atoms with van der Waals surface area (Å²) in [6, 6.07) is 14.8. The highest BCUT2D eigenvalue weighted by Crippen LogP contribution is 2.50. The first-order chi connectivity index (χ1) is 11.6. The van der Waals surface area contributed by atoms with Crippen molar-refractivity contribution in [2.75, 3.05) is 7.11 Å². The molecule has 1 heterocycles. The second-order valence-electron chi connectivity index (χ2n) is 6.30. The summed E-state index contributed by atoms with van der Waals surface area (Å²) in [6.07, 6.45) is 1.30. The molecular formula is C19H16BrNO3. The predicted molar refractivity (Wildman–Crippen MR) is 92.8 cm³/mol. The van der Waals surface area contributed by atoms with Crippen LogP contribution >= 0.6 is 15.9 Å². The Labute approximate surface area is 148 Å². The van der Waals surface area contributed by atoms with Gasteiger partial charge in [-0.2, -0.15) is 0 Å². The quantitative estimate of drug-likeness (QED) is 0.755. The van der Waals surface area contributed by atoms with Gasteiger partial charge in [-0.15, -0.1) is 0 Å². The maximum Gasteiger partial charge on any atom is 0.262 e. The van der Waals surface area contributed by atoms with Gasteiger partial charge < -0.3 is 4.74 Å². The van der Waals surface area contributed by atoms with Crippen LogP contribution in [0.2, 0.25) is 0 Å². The van der Waals surface area contributed by atoms with Gasteiger partial charge >= 0.3 is 0 Å². The molecule has 0 bridgehead atoms. The molecule has 1 aliphatic carbocycles. The van der Waals surface area contributed by atoms with Gasteiger partial charge in [0, 0.05) is 24.4 Å². The van der Waals surface area contributed by atoms with E-state index in [4.69, 9.17) is 4.74 Å². The molecule has 2 aromatic carbocycles. The number of ether oxygens (including phenoxy) is 1. The van der Waals surface area contributed by atoms with Crippen molar-refractivity contribution in [2.45, 2.75) is 24.5 Å². The van der Waals surface area contributed by atoms with Crippen LogP contribution in [0.15, 0.2) is 53.0 Å². The lowest BCUT2D eigenvalue weighted by Crippen LogP contribution is -2.59. The zero-order valence-electron chi connectivity index (χ0n) is 13.2. The van der Waals surface area contributed by atoms with Crippen molar-refractivity contribution in [3.63, 3.8) is 0 Å². The van der Waals surface area contributed by atoms with Crippen LogP contribution in [0.5, 0.6) is 0 Å². The average Bonchev–Trinajstić information content (AvgIpc) is 2.81. The van der Waals surface area contributed by atoms with E-state index >= 15 is 0 Å². The molecule has 0 atom stereocenters. The number of hydrogen-bond donors (Lipinski definition) is 0. The van der Waals surface area contributed by atoms with Crippen molar-refractivity contribution in [3.8, 4) is 0 Å². The number of carbonyl (C=O) groups is 2. The molecule has 4 nitrogen and oxygen atoms in total. The first kappa shape index (κ1) is 15.5. The van der Waals surface area contributed by atoms with Gasteiger partial charge in [-0.05, 0) is 29.8 Å². The molecule has 1 fully saturated rings. The Hall–Kier alpha value is -1.98. The molecule has 24 heavy (non-hydrogen) atoms. The number of nitrogens with zero attached hydrogens (tertiary/aromatic N) is 1. The van der Waals surface area contributed by atoms with Crippen LogP contribution in [0.25, 0.3) is 0 Å². The number of methoxy groups -OCH3 is 1. The molecule has 0 radical (unpaired) electrons. The van der Waals surface area contributed by atoms with Gasteiger partial charge in [-0.1, -0.05) is 40.2 Å². The van der Waals surface area contributed by atoms with Gasteiger partial charge in [0.15, 0.2) is 0 Å². The summed E-state index contributed by atoms with van der Waals surface area (Å²) in [5.41, 5.74) is 1.31. The third-order valence-corrected chi connectivity index (χ3v) is 5.60. The van der Waals surface area contributed by atoms with Crippen LogP contribution in [0, 0.1) is 0 Å². The Morgan fingerprint density at radius 1 is 1.00 bits per heavy atom. The number of halogens is 1. The normalized spacial score (nSPS) is 25.6. The summed E-state index contributed by atoms with van der Waals surface area (Å²) in [4.78, 5) is 27.3. The average molecular weight is 386 g/mol. The summed E-state index contributed by atoms with van der Waals surface area (Å²) in [5, 5.41) is 0. The van der Waals surface area contributed by atoms with Crippen LogP contribution in [0.3, 0.4) is 0 Å². The van der Waals surface area contributed by atoms with Crippen LogP contribution in [-0.2, 0) is 10.3 Å². The largest absolute Gasteiger partial charge is 0.381 e. The van der Waals surface area contributed by atoms with Gasteiger partial charge in [-0.25, -0.2) is 0 Å². The molecule has 1 saturated carbocycles. The van der Waals surface area contributed by atoms with E-state index in [0.717, 1.165) is 10.0 Å². The molecule has 2 aliphatic rings. The first-order valence-electron chi connectivity index (χ1n) is 7.83. The minimum absolute atomic E-state index is 0.0537. The molecule has 0 aromatic heterocycles. The topological polar surface area (TPSA) is 46.6 Å². The van der Waals surface area contributed by atoms with Crippen molar-refractivity contribution < 1.29 is 14.3 Å². The summed E-state index contributed by atoms with van der Waals surface area (Å²) in [6.45, 7) is 0. The molecule has 0 spiro atoms. The van der Waals surface area contributed by atoms with Gasteiger partial charge in [0.1, 0.15) is 0 Å². The maximum atomic E-state index is 12.9. The molecule has 4 rings (SSSR count). The van der Waals surface area contributed by atoms with Gasteiger partial charge in [0.25, 0.3) is 11.8 Å². The molecule has 122 valence electrons. The fourth-order valence-electron chi connectivity index (χ4n) is 3.75. The van der Waals surface area contributed by atoms with E-state index in [2.05, 4.69) is 15.9 Å². The zero-order valence-corrected chi connectivity index (χ0v) is 14.7. The van der Waals surface area contributed by atoms with Crippen molar-refractivity contribution in [1.29, 1.82) is 0 Å². The number of benzene rings is 2. The van der Waals surface area contributed by atoms with E-state index in [9.17, 15) is 9.59 Å². The number of amides is 2.